The van der Waals surface area contributed by atoms with Crippen molar-refractivity contribution in [1.29, 1.82) is 0 Å². The topological polar surface area (TPSA) is 35.5 Å². The molecule has 0 unspecified atom stereocenters. The summed E-state index contributed by atoms with van der Waals surface area (Å²) in [4.78, 5) is 11.3. The fourth-order valence-corrected chi connectivity index (χ4v) is 2.63. The van der Waals surface area contributed by atoms with Gasteiger partial charge in [0.15, 0.2) is 17.3 Å². The molecule has 0 aliphatic carbocycles. The van der Waals surface area contributed by atoms with E-state index in [0.29, 0.717) is 10.1 Å². The monoisotopic (exact) mass is 274 g/mol. The molecule has 6 heteroatoms. The van der Waals surface area contributed by atoms with E-state index >= 15 is 0 Å². The zero-order valence-corrected chi connectivity index (χ0v) is 10.6. The summed E-state index contributed by atoms with van der Waals surface area (Å²) >= 11 is 6.47. The molecular weight excluding hydrogens is 267 g/mol. The van der Waals surface area contributed by atoms with Crippen LogP contribution in [0.25, 0.3) is 10.1 Å². The largest absolute Gasteiger partial charge is 0.493 e. The van der Waals surface area contributed by atoms with Gasteiger partial charge >= 0.3 is 0 Å². The number of halogens is 2. The Morgan fingerprint density at radius 1 is 1.35 bits per heavy atom. The Morgan fingerprint density at radius 2 is 2.06 bits per heavy atom. The molecule has 17 heavy (non-hydrogen) atoms. The number of benzene rings is 1. The summed E-state index contributed by atoms with van der Waals surface area (Å²) in [6.45, 7) is 0. The second-order valence-corrected chi connectivity index (χ2v) is 4.65. The van der Waals surface area contributed by atoms with Crippen LogP contribution in [-0.4, -0.2) is 19.5 Å². The van der Waals surface area contributed by atoms with Crippen LogP contribution in [0.4, 0.5) is 4.39 Å². The summed E-state index contributed by atoms with van der Waals surface area (Å²) in [6, 6.07) is 3.03. The second kappa shape index (κ2) is 4.50. The first-order valence-electron chi connectivity index (χ1n) is 4.62. The van der Waals surface area contributed by atoms with E-state index in [9.17, 15) is 9.18 Å². The van der Waals surface area contributed by atoms with Crippen LogP contribution in [0, 0.1) is 5.82 Å². The van der Waals surface area contributed by atoms with Gasteiger partial charge < -0.3 is 9.47 Å². The van der Waals surface area contributed by atoms with E-state index < -0.39 is 11.1 Å². The molecule has 0 saturated carbocycles. The number of fused-ring (bicyclic) bond motifs is 1. The van der Waals surface area contributed by atoms with Crippen LogP contribution in [0.2, 0.25) is 0 Å². The quantitative estimate of drug-likeness (QED) is 0.805. The Morgan fingerprint density at radius 3 is 2.59 bits per heavy atom. The molecule has 0 radical (unpaired) electrons. The minimum atomic E-state index is -0.608. The van der Waals surface area contributed by atoms with Gasteiger partial charge in [-0.25, -0.2) is 4.39 Å². The molecule has 0 aliphatic heterocycles. The van der Waals surface area contributed by atoms with Gasteiger partial charge in [0.1, 0.15) is 0 Å². The number of ether oxygens (including phenoxy) is 2. The van der Waals surface area contributed by atoms with Crippen LogP contribution in [0.15, 0.2) is 12.1 Å². The molecule has 0 aliphatic rings. The third kappa shape index (κ3) is 1.96. The van der Waals surface area contributed by atoms with Crippen LogP contribution >= 0.6 is 22.9 Å². The van der Waals surface area contributed by atoms with Gasteiger partial charge in [-0.1, -0.05) is 0 Å². The van der Waals surface area contributed by atoms with Crippen molar-refractivity contribution < 1.29 is 18.7 Å². The molecule has 2 aromatic rings. The van der Waals surface area contributed by atoms with Crippen molar-refractivity contribution in [3.63, 3.8) is 0 Å². The highest BCUT2D eigenvalue weighted by Gasteiger charge is 2.18. The molecule has 0 amide bonds. The second-order valence-electron chi connectivity index (χ2n) is 3.22. The van der Waals surface area contributed by atoms with E-state index in [1.54, 1.807) is 6.07 Å². The van der Waals surface area contributed by atoms with Crippen LogP contribution in [0.5, 0.6) is 11.5 Å². The van der Waals surface area contributed by atoms with E-state index in [4.69, 9.17) is 21.1 Å². The average molecular weight is 275 g/mol. The summed E-state index contributed by atoms with van der Waals surface area (Å²) in [5.41, 5.74) is 0. The Kier molecular flexibility index (Phi) is 3.22. The first-order chi connectivity index (χ1) is 8.08. The molecule has 90 valence electrons. The maximum Gasteiger partial charge on any atom is 0.262 e. The smallest absolute Gasteiger partial charge is 0.262 e. The lowest BCUT2D eigenvalue weighted by molar-refractivity contribution is 0.108. The molecule has 1 heterocycles. The highest BCUT2D eigenvalue weighted by atomic mass is 35.5. The van der Waals surface area contributed by atoms with Gasteiger partial charge in [0.25, 0.3) is 5.24 Å². The number of hydrogen-bond donors (Lipinski definition) is 0. The predicted molar refractivity (Wildman–Crippen MR) is 65.1 cm³/mol. The maximum atomic E-state index is 14.0. The zero-order valence-electron chi connectivity index (χ0n) is 9.04. The number of carbonyl (C=O) groups excluding carboxylic acids is 1. The minimum Gasteiger partial charge on any atom is -0.493 e. The first kappa shape index (κ1) is 12.1. The fraction of sp³-hybridized carbons (Fsp3) is 0.182. The molecule has 0 spiro atoms. The Hall–Kier alpha value is -1.33. The van der Waals surface area contributed by atoms with Gasteiger partial charge in [0.2, 0.25) is 0 Å². The van der Waals surface area contributed by atoms with Crippen LogP contribution in [0.1, 0.15) is 9.67 Å². The number of carbonyl (C=O) groups is 1. The number of hydrogen-bond acceptors (Lipinski definition) is 4. The lowest BCUT2D eigenvalue weighted by Crippen LogP contribution is -1.93. The van der Waals surface area contributed by atoms with Crippen LogP contribution in [-0.2, 0) is 0 Å². The number of methoxy groups -OCH3 is 2. The highest BCUT2D eigenvalue weighted by Crippen LogP contribution is 2.39. The Balaban J connectivity index is 2.76. The maximum absolute atomic E-state index is 14.0. The van der Waals surface area contributed by atoms with Gasteiger partial charge in [0.05, 0.1) is 19.1 Å². The summed E-state index contributed by atoms with van der Waals surface area (Å²) < 4.78 is 24.6. The molecule has 1 aromatic carbocycles. The molecule has 0 N–H and O–H groups in total. The van der Waals surface area contributed by atoms with Crippen molar-refractivity contribution in [2.45, 2.75) is 0 Å². The van der Waals surface area contributed by atoms with Gasteiger partial charge in [-0.15, -0.1) is 11.3 Å². The van der Waals surface area contributed by atoms with E-state index in [1.807, 2.05) is 0 Å². The third-order valence-corrected chi connectivity index (χ3v) is 3.70. The third-order valence-electron chi connectivity index (χ3n) is 2.30. The zero-order chi connectivity index (χ0) is 12.6. The lowest BCUT2D eigenvalue weighted by atomic mass is 10.2. The van der Waals surface area contributed by atoms with Gasteiger partial charge in [-0.05, 0) is 17.7 Å². The SMILES string of the molecule is COc1cc2sc(C(=O)Cl)cc2c(F)c1OC. The highest BCUT2D eigenvalue weighted by molar-refractivity contribution is 7.22. The molecule has 0 atom stereocenters. The Labute approximate surface area is 106 Å². The summed E-state index contributed by atoms with van der Waals surface area (Å²) in [5.74, 6) is -0.249. The molecule has 2 rings (SSSR count). The van der Waals surface area contributed by atoms with Gasteiger partial charge in [-0.3, -0.25) is 4.79 Å². The lowest BCUT2D eigenvalue weighted by Gasteiger charge is -2.08. The molecular formula is C11H8ClFO3S. The van der Waals surface area contributed by atoms with Crippen LogP contribution in [0.3, 0.4) is 0 Å². The van der Waals surface area contributed by atoms with Crippen molar-refractivity contribution >= 4 is 38.3 Å². The molecule has 3 nitrogen and oxygen atoms in total. The van der Waals surface area contributed by atoms with Crippen molar-refractivity contribution in [1.82, 2.24) is 0 Å². The van der Waals surface area contributed by atoms with Crippen molar-refractivity contribution in [3.05, 3.63) is 22.8 Å². The molecule has 1 aromatic heterocycles. The van der Waals surface area contributed by atoms with Gasteiger partial charge in [-0.2, -0.15) is 0 Å². The molecule has 0 saturated heterocycles. The standard InChI is InChI=1S/C11H8ClFO3S/c1-15-6-4-7-5(9(13)10(6)16-2)3-8(17-7)11(12)14/h3-4H,1-2H3. The Bertz CT molecular complexity index is 594. The minimum absolute atomic E-state index is 0.0198. The normalized spacial score (nSPS) is 10.6. The van der Waals surface area contributed by atoms with Crippen LogP contribution < -0.4 is 9.47 Å². The van der Waals surface area contributed by atoms with Crippen molar-refractivity contribution in [2.24, 2.45) is 0 Å². The van der Waals surface area contributed by atoms with E-state index in [2.05, 4.69) is 0 Å². The fourth-order valence-electron chi connectivity index (χ4n) is 1.54. The number of rotatable bonds is 3. The van der Waals surface area contributed by atoms with Crippen molar-refractivity contribution in [3.8, 4) is 11.5 Å². The summed E-state index contributed by atoms with van der Waals surface area (Å²) in [7, 11) is 2.77. The van der Waals surface area contributed by atoms with E-state index in [-0.39, 0.29) is 16.4 Å². The molecule has 0 bridgehead atoms. The average Bonchev–Trinajstić information content (AvgIpc) is 2.73. The first-order valence-corrected chi connectivity index (χ1v) is 5.81. The van der Waals surface area contributed by atoms with Crippen molar-refractivity contribution in [2.75, 3.05) is 14.2 Å². The van der Waals surface area contributed by atoms with E-state index in [0.717, 1.165) is 11.3 Å². The van der Waals surface area contributed by atoms with E-state index in [1.165, 1.54) is 20.3 Å². The number of thiophene rings is 1. The van der Waals surface area contributed by atoms with Gasteiger partial charge in [0, 0.05) is 16.2 Å². The summed E-state index contributed by atoms with van der Waals surface area (Å²) in [6.07, 6.45) is 0. The predicted octanol–water partition coefficient (Wildman–Crippen LogP) is 3.44. The molecule has 0 fully saturated rings. The summed E-state index contributed by atoms with van der Waals surface area (Å²) in [5, 5.41) is -0.305.